The molecule has 2 heterocycles. The summed E-state index contributed by atoms with van der Waals surface area (Å²) < 4.78 is 1.86. The van der Waals surface area contributed by atoms with E-state index >= 15 is 0 Å². The Bertz CT molecular complexity index is 527. The maximum atomic E-state index is 5.40. The number of nitrogen functional groups attached to an aromatic ring is 1. The molecule has 2 aromatic rings. The Labute approximate surface area is 111 Å². The molecule has 0 amide bonds. The van der Waals surface area contributed by atoms with E-state index in [1.165, 1.54) is 0 Å². The van der Waals surface area contributed by atoms with Crippen LogP contribution in [0.25, 0.3) is 0 Å². The highest BCUT2D eigenvalue weighted by Gasteiger charge is 2.12. The molecule has 2 rings (SSSR count). The van der Waals surface area contributed by atoms with Gasteiger partial charge in [0.1, 0.15) is 23.8 Å². The van der Waals surface area contributed by atoms with Crippen LogP contribution in [-0.4, -0.2) is 24.7 Å². The Morgan fingerprint density at radius 2 is 2.11 bits per heavy atom. The van der Waals surface area contributed by atoms with Gasteiger partial charge >= 0.3 is 0 Å². The second-order valence-electron chi connectivity index (χ2n) is 4.22. The van der Waals surface area contributed by atoms with Gasteiger partial charge in [-0.3, -0.25) is 0 Å². The maximum Gasteiger partial charge on any atom is 0.154 e. The topological polar surface area (TPSA) is 107 Å². The summed E-state index contributed by atoms with van der Waals surface area (Å²) in [6, 6.07) is 1.74. The molecule has 8 heteroatoms. The molecule has 2 aromatic heterocycles. The fraction of sp³-hybridized carbons (Fsp3) is 0.455. The highest BCUT2D eigenvalue weighted by atomic mass is 15.3. The molecular weight excluding hydrogens is 244 g/mol. The number of hydrazine groups is 1. The minimum absolute atomic E-state index is 0.0160. The van der Waals surface area contributed by atoms with E-state index in [0.29, 0.717) is 11.6 Å². The predicted molar refractivity (Wildman–Crippen MR) is 72.3 cm³/mol. The summed E-state index contributed by atoms with van der Waals surface area (Å²) in [6.45, 7) is 3.98. The lowest BCUT2D eigenvalue weighted by Crippen LogP contribution is -2.15. The first-order valence-corrected chi connectivity index (χ1v) is 6.09. The molecule has 0 saturated carbocycles. The number of nitrogens with two attached hydrogens (primary N) is 1. The lowest BCUT2D eigenvalue weighted by atomic mass is 10.3. The van der Waals surface area contributed by atoms with Gasteiger partial charge in [-0.25, -0.2) is 15.8 Å². The maximum absolute atomic E-state index is 5.40. The number of aromatic nitrogens is 5. The Balaban J connectivity index is 2.21. The highest BCUT2D eigenvalue weighted by molar-refractivity contribution is 5.47. The van der Waals surface area contributed by atoms with Crippen LogP contribution in [0.3, 0.4) is 0 Å². The van der Waals surface area contributed by atoms with Crippen molar-refractivity contribution in [3.63, 3.8) is 0 Å². The van der Waals surface area contributed by atoms with Crippen molar-refractivity contribution in [2.75, 3.05) is 10.7 Å². The first-order valence-electron chi connectivity index (χ1n) is 6.09. The molecule has 0 aromatic carbocycles. The average Bonchev–Trinajstić information content (AvgIpc) is 2.84. The summed E-state index contributed by atoms with van der Waals surface area (Å²) in [5, 5.41) is 11.2. The van der Waals surface area contributed by atoms with Crippen LogP contribution < -0.4 is 16.6 Å². The van der Waals surface area contributed by atoms with Crippen LogP contribution in [0.15, 0.2) is 12.4 Å². The summed E-state index contributed by atoms with van der Waals surface area (Å²) in [4.78, 5) is 8.64. The van der Waals surface area contributed by atoms with Gasteiger partial charge in [-0.05, 0) is 6.92 Å². The lowest BCUT2D eigenvalue weighted by molar-refractivity contribution is 0.715. The summed E-state index contributed by atoms with van der Waals surface area (Å²) in [7, 11) is 1.90. The Morgan fingerprint density at radius 1 is 1.37 bits per heavy atom. The normalized spacial score (nSPS) is 12.2. The Morgan fingerprint density at radius 3 is 2.68 bits per heavy atom. The van der Waals surface area contributed by atoms with Gasteiger partial charge in [-0.1, -0.05) is 6.92 Å². The van der Waals surface area contributed by atoms with Crippen molar-refractivity contribution < 1.29 is 0 Å². The molecule has 0 spiro atoms. The van der Waals surface area contributed by atoms with Crippen molar-refractivity contribution in [2.24, 2.45) is 12.9 Å². The summed E-state index contributed by atoms with van der Waals surface area (Å²) in [5.41, 5.74) is 2.54. The van der Waals surface area contributed by atoms with E-state index in [1.807, 2.05) is 25.5 Å². The molecule has 4 N–H and O–H groups in total. The summed E-state index contributed by atoms with van der Waals surface area (Å²) in [6.07, 6.45) is 2.40. The van der Waals surface area contributed by atoms with Crippen molar-refractivity contribution in [1.82, 2.24) is 24.7 Å². The van der Waals surface area contributed by atoms with Gasteiger partial charge in [-0.15, -0.1) is 10.2 Å². The third-order valence-electron chi connectivity index (χ3n) is 2.73. The van der Waals surface area contributed by atoms with E-state index in [0.717, 1.165) is 18.1 Å². The molecule has 19 heavy (non-hydrogen) atoms. The van der Waals surface area contributed by atoms with Crippen molar-refractivity contribution in [3.05, 3.63) is 24.0 Å². The first kappa shape index (κ1) is 13.2. The van der Waals surface area contributed by atoms with Gasteiger partial charge in [0.05, 0.1) is 6.04 Å². The van der Waals surface area contributed by atoms with E-state index in [4.69, 9.17) is 5.84 Å². The van der Waals surface area contributed by atoms with Crippen LogP contribution in [0.4, 0.5) is 11.6 Å². The Kier molecular flexibility index (Phi) is 3.91. The fourth-order valence-electron chi connectivity index (χ4n) is 1.77. The molecule has 1 atom stereocenters. The summed E-state index contributed by atoms with van der Waals surface area (Å²) >= 11 is 0. The van der Waals surface area contributed by atoms with Gasteiger partial charge in [0.25, 0.3) is 0 Å². The van der Waals surface area contributed by atoms with Gasteiger partial charge in [-0.2, -0.15) is 0 Å². The number of hydrogen-bond donors (Lipinski definition) is 3. The van der Waals surface area contributed by atoms with Crippen LogP contribution >= 0.6 is 0 Å². The van der Waals surface area contributed by atoms with Crippen LogP contribution in [0.2, 0.25) is 0 Å². The van der Waals surface area contributed by atoms with E-state index in [9.17, 15) is 0 Å². The van der Waals surface area contributed by atoms with Gasteiger partial charge in [0, 0.05) is 19.5 Å². The molecule has 0 saturated heterocycles. The second kappa shape index (κ2) is 5.61. The van der Waals surface area contributed by atoms with E-state index in [2.05, 4.69) is 30.9 Å². The second-order valence-corrected chi connectivity index (χ2v) is 4.22. The largest absolute Gasteiger partial charge is 0.360 e. The molecule has 0 fully saturated rings. The number of nitrogens with one attached hydrogen (secondary N) is 2. The Hall–Kier alpha value is -2.22. The van der Waals surface area contributed by atoms with Crippen LogP contribution in [-0.2, 0) is 13.5 Å². The molecule has 1 unspecified atom stereocenters. The van der Waals surface area contributed by atoms with E-state index < -0.39 is 0 Å². The van der Waals surface area contributed by atoms with Gasteiger partial charge < -0.3 is 15.3 Å². The van der Waals surface area contributed by atoms with Crippen LogP contribution in [0, 0.1) is 0 Å². The fourth-order valence-corrected chi connectivity index (χ4v) is 1.77. The average molecular weight is 262 g/mol. The third kappa shape index (κ3) is 2.97. The van der Waals surface area contributed by atoms with Crippen molar-refractivity contribution in [3.8, 4) is 0 Å². The summed E-state index contributed by atoms with van der Waals surface area (Å²) in [5.74, 6) is 8.24. The zero-order valence-corrected chi connectivity index (χ0v) is 11.3. The van der Waals surface area contributed by atoms with Crippen LogP contribution in [0.1, 0.15) is 31.5 Å². The van der Waals surface area contributed by atoms with Crippen LogP contribution in [0.5, 0.6) is 0 Å². The first-order chi connectivity index (χ1) is 9.13. The number of aryl methyl sites for hydroxylation is 2. The molecule has 0 radical (unpaired) electrons. The number of nitrogens with zero attached hydrogens (tertiary/aromatic N) is 5. The van der Waals surface area contributed by atoms with E-state index in [-0.39, 0.29) is 6.04 Å². The number of rotatable bonds is 5. The SMILES string of the molecule is CCc1nc(NN)cc(NC(C)c2nncn2C)n1. The molecular formula is C11H18N8. The van der Waals surface area contributed by atoms with Gasteiger partial charge in [0.15, 0.2) is 5.82 Å². The molecule has 0 aliphatic heterocycles. The molecule has 0 bridgehead atoms. The quantitative estimate of drug-likeness (QED) is 0.535. The highest BCUT2D eigenvalue weighted by Crippen LogP contribution is 2.17. The lowest BCUT2D eigenvalue weighted by Gasteiger charge is -2.14. The third-order valence-corrected chi connectivity index (χ3v) is 2.73. The van der Waals surface area contributed by atoms with Crippen molar-refractivity contribution in [2.45, 2.75) is 26.3 Å². The minimum Gasteiger partial charge on any atom is -0.360 e. The van der Waals surface area contributed by atoms with Gasteiger partial charge in [0.2, 0.25) is 0 Å². The molecule has 8 nitrogen and oxygen atoms in total. The van der Waals surface area contributed by atoms with Crippen molar-refractivity contribution >= 4 is 11.6 Å². The minimum atomic E-state index is -0.0160. The number of anilines is 2. The zero-order chi connectivity index (χ0) is 13.8. The number of hydrogen-bond acceptors (Lipinski definition) is 7. The van der Waals surface area contributed by atoms with E-state index in [1.54, 1.807) is 12.4 Å². The molecule has 0 aliphatic rings. The monoisotopic (exact) mass is 262 g/mol. The predicted octanol–water partition coefficient (Wildman–Crippen LogP) is 0.626. The van der Waals surface area contributed by atoms with Crippen molar-refractivity contribution in [1.29, 1.82) is 0 Å². The smallest absolute Gasteiger partial charge is 0.154 e. The standard InChI is InChI=1S/C11H18N8/c1-4-8-15-9(5-10(16-8)17-12)14-7(2)11-18-13-6-19(11)3/h5-7H,4,12H2,1-3H3,(H2,14,15,16,17). The molecule has 102 valence electrons. The zero-order valence-electron chi connectivity index (χ0n) is 11.3. The molecule has 0 aliphatic carbocycles.